The van der Waals surface area contributed by atoms with Gasteiger partial charge in [0.05, 0.1) is 6.54 Å². The van der Waals surface area contributed by atoms with Crippen molar-refractivity contribution in [1.29, 1.82) is 0 Å². The van der Waals surface area contributed by atoms with Crippen molar-refractivity contribution in [2.45, 2.75) is 6.54 Å². The summed E-state index contributed by atoms with van der Waals surface area (Å²) in [5.74, 6) is 0. The van der Waals surface area contributed by atoms with Gasteiger partial charge in [-0.1, -0.05) is 91.0 Å². The number of benzene rings is 3. The molecule has 0 spiro atoms. The normalized spacial score (nSPS) is 11.4. The third kappa shape index (κ3) is 4.02. The molecule has 0 saturated carbocycles. The number of nitrogens with zero attached hydrogens (tertiary/aromatic N) is 1. The SMILES string of the molecule is O=c1c(C(=Cc2ccccc2)c2ccccc2)cccn1Cc1ccccc1. The molecule has 0 aliphatic rings. The molecule has 1 aromatic heterocycles. The fourth-order valence-electron chi connectivity index (χ4n) is 3.30. The van der Waals surface area contributed by atoms with Crippen molar-refractivity contribution in [3.8, 4) is 0 Å². The van der Waals surface area contributed by atoms with Crippen molar-refractivity contribution >= 4 is 11.6 Å². The van der Waals surface area contributed by atoms with Gasteiger partial charge in [0.1, 0.15) is 0 Å². The highest BCUT2D eigenvalue weighted by Gasteiger charge is 2.11. The van der Waals surface area contributed by atoms with Crippen molar-refractivity contribution in [3.05, 3.63) is 142 Å². The molecule has 3 aromatic carbocycles. The van der Waals surface area contributed by atoms with E-state index in [1.165, 1.54) is 0 Å². The average molecular weight is 363 g/mol. The first-order chi connectivity index (χ1) is 13.8. The summed E-state index contributed by atoms with van der Waals surface area (Å²) in [6.45, 7) is 0.556. The van der Waals surface area contributed by atoms with Gasteiger partial charge in [0.15, 0.2) is 0 Å². The lowest BCUT2D eigenvalue weighted by molar-refractivity contribution is 0.757. The van der Waals surface area contributed by atoms with E-state index in [-0.39, 0.29) is 5.56 Å². The van der Waals surface area contributed by atoms with E-state index < -0.39 is 0 Å². The second-order valence-electron chi connectivity index (χ2n) is 6.68. The molecule has 2 nitrogen and oxygen atoms in total. The largest absolute Gasteiger partial charge is 0.311 e. The summed E-state index contributed by atoms with van der Waals surface area (Å²) in [6.07, 6.45) is 3.93. The number of pyridine rings is 1. The minimum Gasteiger partial charge on any atom is -0.311 e. The monoisotopic (exact) mass is 363 g/mol. The Morgan fingerprint density at radius 2 is 1.32 bits per heavy atom. The lowest BCUT2D eigenvalue weighted by Gasteiger charge is -2.12. The molecule has 1 heterocycles. The summed E-state index contributed by atoms with van der Waals surface area (Å²) in [4.78, 5) is 13.3. The molecule has 0 fully saturated rings. The van der Waals surface area contributed by atoms with Crippen molar-refractivity contribution in [3.63, 3.8) is 0 Å². The van der Waals surface area contributed by atoms with E-state index in [2.05, 4.69) is 6.08 Å². The minimum atomic E-state index is 0.0115. The Hall–Kier alpha value is -3.65. The van der Waals surface area contributed by atoms with Gasteiger partial charge >= 0.3 is 0 Å². The maximum Gasteiger partial charge on any atom is 0.258 e. The van der Waals surface area contributed by atoms with Crippen molar-refractivity contribution in [2.24, 2.45) is 0 Å². The first-order valence-corrected chi connectivity index (χ1v) is 9.37. The molecule has 0 aliphatic heterocycles. The van der Waals surface area contributed by atoms with E-state index in [1.807, 2.05) is 109 Å². The van der Waals surface area contributed by atoms with Crippen molar-refractivity contribution < 1.29 is 0 Å². The number of hydrogen-bond acceptors (Lipinski definition) is 1. The van der Waals surface area contributed by atoms with Gasteiger partial charge in [-0.2, -0.15) is 0 Å². The predicted octanol–water partition coefficient (Wildman–Crippen LogP) is 5.49. The van der Waals surface area contributed by atoms with Gasteiger partial charge in [-0.15, -0.1) is 0 Å². The van der Waals surface area contributed by atoms with Crippen LogP contribution < -0.4 is 5.56 Å². The summed E-state index contributed by atoms with van der Waals surface area (Å²) in [5.41, 5.74) is 4.85. The Balaban J connectivity index is 1.82. The Kier molecular flexibility index (Phi) is 5.30. The van der Waals surface area contributed by atoms with E-state index in [1.54, 1.807) is 4.57 Å². The molecule has 4 aromatic rings. The Morgan fingerprint density at radius 3 is 2.00 bits per heavy atom. The molecule has 0 bridgehead atoms. The Bertz CT molecular complexity index is 1130. The van der Waals surface area contributed by atoms with Gasteiger partial charge in [-0.3, -0.25) is 4.79 Å². The molecule has 4 rings (SSSR count). The zero-order chi connectivity index (χ0) is 19.2. The predicted molar refractivity (Wildman–Crippen MR) is 116 cm³/mol. The first-order valence-electron chi connectivity index (χ1n) is 9.37. The Morgan fingerprint density at radius 1 is 0.714 bits per heavy atom. The van der Waals surface area contributed by atoms with Crippen LogP contribution in [-0.2, 0) is 6.54 Å². The maximum absolute atomic E-state index is 13.3. The smallest absolute Gasteiger partial charge is 0.258 e. The van der Waals surface area contributed by atoms with Crippen molar-refractivity contribution in [1.82, 2.24) is 4.57 Å². The van der Waals surface area contributed by atoms with Gasteiger partial charge < -0.3 is 4.57 Å². The quantitative estimate of drug-likeness (QED) is 0.430. The van der Waals surface area contributed by atoms with Crippen LogP contribution in [0.25, 0.3) is 11.6 Å². The molecular weight excluding hydrogens is 342 g/mol. The molecular formula is C26H21NO. The van der Waals surface area contributed by atoms with Gasteiger partial charge in [0, 0.05) is 11.8 Å². The lowest BCUT2D eigenvalue weighted by atomic mass is 9.96. The zero-order valence-corrected chi connectivity index (χ0v) is 15.5. The second-order valence-corrected chi connectivity index (χ2v) is 6.68. The Labute approximate surface area is 165 Å². The van der Waals surface area contributed by atoms with Gasteiger partial charge in [-0.05, 0) is 40.5 Å². The molecule has 0 unspecified atom stereocenters. The van der Waals surface area contributed by atoms with Crippen LogP contribution in [0, 0.1) is 0 Å². The molecule has 0 N–H and O–H groups in total. The summed E-state index contributed by atoms with van der Waals surface area (Å²) in [6, 6.07) is 34.1. The molecule has 0 radical (unpaired) electrons. The van der Waals surface area contributed by atoms with Crippen LogP contribution in [0.3, 0.4) is 0 Å². The fraction of sp³-hybridized carbons (Fsp3) is 0.0385. The van der Waals surface area contributed by atoms with Crippen LogP contribution in [0.1, 0.15) is 22.3 Å². The summed E-state index contributed by atoms with van der Waals surface area (Å²) >= 11 is 0. The van der Waals surface area contributed by atoms with Gasteiger partial charge in [0.2, 0.25) is 0 Å². The molecule has 2 heteroatoms. The van der Waals surface area contributed by atoms with Crippen LogP contribution in [-0.4, -0.2) is 4.57 Å². The number of hydrogen-bond donors (Lipinski definition) is 0. The van der Waals surface area contributed by atoms with E-state index >= 15 is 0 Å². The highest BCUT2D eigenvalue weighted by molar-refractivity contribution is 5.91. The van der Waals surface area contributed by atoms with Crippen LogP contribution >= 0.6 is 0 Å². The van der Waals surface area contributed by atoms with Crippen LogP contribution in [0.4, 0.5) is 0 Å². The maximum atomic E-state index is 13.3. The lowest BCUT2D eigenvalue weighted by Crippen LogP contribution is -2.23. The van der Waals surface area contributed by atoms with E-state index in [4.69, 9.17) is 0 Å². The highest BCUT2D eigenvalue weighted by atomic mass is 16.1. The molecule has 28 heavy (non-hydrogen) atoms. The summed E-state index contributed by atoms with van der Waals surface area (Å²) in [5, 5.41) is 0. The van der Waals surface area contributed by atoms with E-state index in [9.17, 15) is 4.79 Å². The molecule has 136 valence electrons. The fourth-order valence-corrected chi connectivity index (χ4v) is 3.30. The zero-order valence-electron chi connectivity index (χ0n) is 15.5. The summed E-state index contributed by atoms with van der Waals surface area (Å²) in [7, 11) is 0. The van der Waals surface area contributed by atoms with Gasteiger partial charge in [0.25, 0.3) is 5.56 Å². The second kappa shape index (κ2) is 8.36. The molecule has 0 atom stereocenters. The van der Waals surface area contributed by atoms with Crippen molar-refractivity contribution in [2.75, 3.05) is 0 Å². The number of aromatic nitrogens is 1. The molecule has 0 aliphatic carbocycles. The standard InChI is InChI=1S/C26H21NO/c28-26-24(17-10-18-27(26)20-22-13-6-2-7-14-22)25(23-15-8-3-9-16-23)19-21-11-4-1-5-12-21/h1-19H,20H2. The van der Waals surface area contributed by atoms with Crippen LogP contribution in [0.15, 0.2) is 114 Å². The van der Waals surface area contributed by atoms with E-state index in [0.29, 0.717) is 12.1 Å². The number of rotatable bonds is 5. The third-order valence-corrected chi connectivity index (χ3v) is 4.70. The summed E-state index contributed by atoms with van der Waals surface area (Å²) < 4.78 is 1.77. The van der Waals surface area contributed by atoms with E-state index in [0.717, 1.165) is 22.3 Å². The third-order valence-electron chi connectivity index (χ3n) is 4.70. The molecule has 0 amide bonds. The minimum absolute atomic E-state index is 0.0115. The highest BCUT2D eigenvalue weighted by Crippen LogP contribution is 2.24. The van der Waals surface area contributed by atoms with Crippen LogP contribution in [0.2, 0.25) is 0 Å². The van der Waals surface area contributed by atoms with Gasteiger partial charge in [-0.25, -0.2) is 0 Å². The van der Waals surface area contributed by atoms with Crippen LogP contribution in [0.5, 0.6) is 0 Å². The first kappa shape index (κ1) is 17.7. The average Bonchev–Trinajstić information content (AvgIpc) is 2.76. The topological polar surface area (TPSA) is 22.0 Å². The molecule has 0 saturated heterocycles.